The number of pyridine rings is 1. The van der Waals surface area contributed by atoms with E-state index in [1.54, 1.807) is 25.4 Å². The average Bonchev–Trinajstić information content (AvgIpc) is 2.70. The summed E-state index contributed by atoms with van der Waals surface area (Å²) in [4.78, 5) is 17.4. The molecule has 2 heterocycles. The van der Waals surface area contributed by atoms with Gasteiger partial charge in [0.2, 0.25) is 11.8 Å². The molecule has 1 aliphatic heterocycles. The van der Waals surface area contributed by atoms with Crippen molar-refractivity contribution in [2.45, 2.75) is 18.3 Å². The quantitative estimate of drug-likeness (QED) is 0.773. The van der Waals surface area contributed by atoms with Gasteiger partial charge in [-0.1, -0.05) is 30.3 Å². The fourth-order valence-electron chi connectivity index (χ4n) is 3.14. The molecule has 6 nitrogen and oxygen atoms in total. The maximum atomic E-state index is 13.1. The van der Waals surface area contributed by atoms with Crippen LogP contribution in [0.4, 0.5) is 5.69 Å². The van der Waals surface area contributed by atoms with Gasteiger partial charge >= 0.3 is 0 Å². The van der Waals surface area contributed by atoms with Crippen LogP contribution in [0.5, 0.6) is 5.88 Å². The van der Waals surface area contributed by atoms with E-state index in [1.165, 1.54) is 0 Å². The first-order chi connectivity index (χ1) is 12.7. The third kappa shape index (κ3) is 4.20. The third-order valence-corrected chi connectivity index (χ3v) is 4.64. The van der Waals surface area contributed by atoms with Crippen LogP contribution in [0.3, 0.4) is 0 Å². The van der Waals surface area contributed by atoms with Crippen molar-refractivity contribution in [2.24, 2.45) is 0 Å². The Balaban J connectivity index is 1.72. The number of anilines is 1. The van der Waals surface area contributed by atoms with Crippen LogP contribution in [0.1, 0.15) is 18.4 Å². The van der Waals surface area contributed by atoms with Crippen LogP contribution in [0, 0.1) is 0 Å². The molecule has 138 valence electrons. The standard InChI is InChI=1S/C20H24N2O4/c1-24-13-14-26-18-8-7-17(15-21-18)22-19(23)20(9-11-25-12-10-20)16-5-3-2-4-6-16/h2-8,15H,9-14H2,1H3,(H,22,23). The molecule has 0 bridgehead atoms. The van der Waals surface area contributed by atoms with Gasteiger partial charge in [0.25, 0.3) is 0 Å². The van der Waals surface area contributed by atoms with Crippen molar-refractivity contribution >= 4 is 11.6 Å². The first-order valence-electron chi connectivity index (χ1n) is 8.77. The van der Waals surface area contributed by atoms with E-state index in [4.69, 9.17) is 14.2 Å². The Hall–Kier alpha value is -2.44. The molecule has 1 N–H and O–H groups in total. The highest BCUT2D eigenvalue weighted by Crippen LogP contribution is 2.36. The molecule has 3 rings (SSSR count). The zero-order chi connectivity index (χ0) is 18.2. The molecular weight excluding hydrogens is 332 g/mol. The normalized spacial score (nSPS) is 16.0. The number of hydrogen-bond donors (Lipinski definition) is 1. The topological polar surface area (TPSA) is 69.7 Å². The van der Waals surface area contributed by atoms with E-state index >= 15 is 0 Å². The van der Waals surface area contributed by atoms with Crippen molar-refractivity contribution < 1.29 is 19.0 Å². The van der Waals surface area contributed by atoms with Crippen LogP contribution < -0.4 is 10.1 Å². The Morgan fingerprint density at radius 1 is 1.15 bits per heavy atom. The van der Waals surface area contributed by atoms with Crippen molar-refractivity contribution in [3.8, 4) is 5.88 Å². The smallest absolute Gasteiger partial charge is 0.235 e. The Labute approximate surface area is 153 Å². The van der Waals surface area contributed by atoms with Crippen molar-refractivity contribution in [1.29, 1.82) is 0 Å². The lowest BCUT2D eigenvalue weighted by atomic mass is 9.73. The molecule has 26 heavy (non-hydrogen) atoms. The molecule has 0 saturated carbocycles. The maximum Gasteiger partial charge on any atom is 0.235 e. The molecule has 6 heteroatoms. The lowest BCUT2D eigenvalue weighted by molar-refractivity contribution is -0.125. The monoisotopic (exact) mass is 356 g/mol. The fourth-order valence-corrected chi connectivity index (χ4v) is 3.14. The molecule has 1 amide bonds. The second-order valence-electron chi connectivity index (χ2n) is 6.24. The summed E-state index contributed by atoms with van der Waals surface area (Å²) in [7, 11) is 1.62. The van der Waals surface area contributed by atoms with Gasteiger partial charge in [-0.05, 0) is 24.5 Å². The first kappa shape index (κ1) is 18.4. The number of carbonyl (C=O) groups is 1. The Morgan fingerprint density at radius 3 is 2.58 bits per heavy atom. The summed E-state index contributed by atoms with van der Waals surface area (Å²) < 4.78 is 15.9. The van der Waals surface area contributed by atoms with Gasteiger partial charge in [-0.25, -0.2) is 4.98 Å². The Kier molecular flexibility index (Phi) is 6.20. The van der Waals surface area contributed by atoms with E-state index in [1.807, 2.05) is 30.3 Å². The van der Waals surface area contributed by atoms with Gasteiger partial charge in [-0.3, -0.25) is 4.79 Å². The maximum absolute atomic E-state index is 13.1. The predicted molar refractivity (Wildman–Crippen MR) is 98.4 cm³/mol. The third-order valence-electron chi connectivity index (χ3n) is 4.64. The number of carbonyl (C=O) groups excluding carboxylic acids is 1. The van der Waals surface area contributed by atoms with E-state index in [0.29, 0.717) is 50.8 Å². The van der Waals surface area contributed by atoms with Gasteiger partial charge in [-0.2, -0.15) is 0 Å². The average molecular weight is 356 g/mol. The van der Waals surface area contributed by atoms with Gasteiger partial charge in [-0.15, -0.1) is 0 Å². The molecule has 1 aromatic heterocycles. The van der Waals surface area contributed by atoms with Crippen molar-refractivity contribution in [2.75, 3.05) is 38.9 Å². The first-order valence-corrected chi connectivity index (χ1v) is 8.77. The molecule has 1 aliphatic rings. The number of aromatic nitrogens is 1. The molecule has 2 aromatic rings. The molecule has 0 aliphatic carbocycles. The summed E-state index contributed by atoms with van der Waals surface area (Å²) in [5, 5.41) is 3.01. The summed E-state index contributed by atoms with van der Waals surface area (Å²) in [5.41, 5.74) is 1.09. The Bertz CT molecular complexity index is 698. The zero-order valence-corrected chi connectivity index (χ0v) is 14.9. The fraction of sp³-hybridized carbons (Fsp3) is 0.400. The summed E-state index contributed by atoms with van der Waals surface area (Å²) >= 11 is 0. The van der Waals surface area contributed by atoms with Crippen LogP contribution in [0.15, 0.2) is 48.7 Å². The van der Waals surface area contributed by atoms with E-state index in [2.05, 4.69) is 10.3 Å². The van der Waals surface area contributed by atoms with Crippen molar-refractivity contribution in [1.82, 2.24) is 4.98 Å². The minimum Gasteiger partial charge on any atom is -0.475 e. The second kappa shape index (κ2) is 8.78. The van der Waals surface area contributed by atoms with Gasteiger partial charge in [0, 0.05) is 26.4 Å². The largest absolute Gasteiger partial charge is 0.475 e. The minimum atomic E-state index is -0.576. The van der Waals surface area contributed by atoms with E-state index in [9.17, 15) is 4.79 Å². The van der Waals surface area contributed by atoms with Crippen LogP contribution in [-0.2, 0) is 19.7 Å². The van der Waals surface area contributed by atoms with Crippen LogP contribution >= 0.6 is 0 Å². The second-order valence-corrected chi connectivity index (χ2v) is 6.24. The molecule has 1 fully saturated rings. The van der Waals surface area contributed by atoms with Gasteiger partial charge in [0.15, 0.2) is 0 Å². The number of amides is 1. The summed E-state index contributed by atoms with van der Waals surface area (Å²) in [6.45, 7) is 2.09. The highest BCUT2D eigenvalue weighted by Gasteiger charge is 2.41. The van der Waals surface area contributed by atoms with Crippen LogP contribution in [0.2, 0.25) is 0 Å². The van der Waals surface area contributed by atoms with Gasteiger partial charge < -0.3 is 19.5 Å². The number of ether oxygens (including phenoxy) is 3. The number of methoxy groups -OCH3 is 1. The van der Waals surface area contributed by atoms with Crippen molar-refractivity contribution in [3.63, 3.8) is 0 Å². The molecule has 1 saturated heterocycles. The zero-order valence-electron chi connectivity index (χ0n) is 14.9. The highest BCUT2D eigenvalue weighted by atomic mass is 16.5. The molecule has 0 radical (unpaired) electrons. The lowest BCUT2D eigenvalue weighted by Gasteiger charge is -2.36. The summed E-state index contributed by atoms with van der Waals surface area (Å²) in [5.74, 6) is 0.478. The molecule has 0 unspecified atom stereocenters. The molecular formula is C20H24N2O4. The van der Waals surface area contributed by atoms with E-state index < -0.39 is 5.41 Å². The molecule has 1 aromatic carbocycles. The lowest BCUT2D eigenvalue weighted by Crippen LogP contribution is -2.44. The predicted octanol–water partition coefficient (Wildman–Crippen LogP) is 2.79. The molecule has 0 atom stereocenters. The SMILES string of the molecule is COCCOc1ccc(NC(=O)C2(c3ccccc3)CCOCC2)cn1. The van der Waals surface area contributed by atoms with Gasteiger partial charge in [0.05, 0.1) is 23.9 Å². The van der Waals surface area contributed by atoms with E-state index in [-0.39, 0.29) is 5.91 Å². The summed E-state index contributed by atoms with van der Waals surface area (Å²) in [6.07, 6.45) is 2.93. The number of benzene rings is 1. The van der Waals surface area contributed by atoms with Crippen LogP contribution in [0.25, 0.3) is 0 Å². The minimum absolute atomic E-state index is 0.0261. The number of nitrogens with zero attached hydrogens (tertiary/aromatic N) is 1. The summed E-state index contributed by atoms with van der Waals surface area (Å²) in [6, 6.07) is 13.4. The van der Waals surface area contributed by atoms with Gasteiger partial charge in [0.1, 0.15) is 6.61 Å². The van der Waals surface area contributed by atoms with Crippen LogP contribution in [-0.4, -0.2) is 44.4 Å². The number of hydrogen-bond acceptors (Lipinski definition) is 5. The molecule has 0 spiro atoms. The van der Waals surface area contributed by atoms with Crippen molar-refractivity contribution in [3.05, 3.63) is 54.2 Å². The van der Waals surface area contributed by atoms with E-state index in [0.717, 1.165) is 5.56 Å². The Morgan fingerprint density at radius 2 is 1.92 bits per heavy atom. The number of nitrogens with one attached hydrogen (secondary N) is 1. The highest BCUT2D eigenvalue weighted by molar-refractivity contribution is 5.99. The number of rotatable bonds is 7.